The van der Waals surface area contributed by atoms with E-state index in [1.165, 1.54) is 24.1 Å². The molecular weight excluding hydrogens is 280 g/mol. The number of carbonyl (C=O) groups excluding carboxylic acids is 2. The van der Waals surface area contributed by atoms with E-state index in [9.17, 15) is 14.4 Å². The van der Waals surface area contributed by atoms with Crippen molar-refractivity contribution in [1.82, 2.24) is 5.32 Å². The van der Waals surface area contributed by atoms with E-state index < -0.39 is 18.6 Å². The average molecular weight is 294 g/mol. The van der Waals surface area contributed by atoms with Crippen LogP contribution in [0.5, 0.6) is 11.5 Å². The third kappa shape index (κ3) is 3.41. The van der Waals surface area contributed by atoms with Crippen LogP contribution in [0.25, 0.3) is 0 Å². The number of nitrogens with one attached hydrogen (secondary N) is 1. The zero-order valence-electron chi connectivity index (χ0n) is 11.3. The Morgan fingerprint density at radius 3 is 2.81 bits per heavy atom. The highest BCUT2D eigenvalue weighted by Gasteiger charge is 2.26. The molecule has 2 rings (SSSR count). The van der Waals surface area contributed by atoms with Crippen molar-refractivity contribution in [2.75, 3.05) is 25.2 Å². The maximum atomic E-state index is 11.9. The predicted octanol–water partition coefficient (Wildman–Crippen LogP) is 0.605. The van der Waals surface area contributed by atoms with Gasteiger partial charge in [-0.15, -0.1) is 0 Å². The van der Waals surface area contributed by atoms with E-state index >= 15 is 0 Å². The summed E-state index contributed by atoms with van der Waals surface area (Å²) in [7, 11) is 1.45. The minimum atomic E-state index is -1.10. The third-order valence-corrected chi connectivity index (χ3v) is 2.86. The Morgan fingerprint density at radius 1 is 1.43 bits per heavy atom. The van der Waals surface area contributed by atoms with Crippen molar-refractivity contribution in [3.63, 3.8) is 0 Å². The number of imide groups is 1. The Labute approximate surface area is 120 Å². The van der Waals surface area contributed by atoms with Crippen LogP contribution in [0.3, 0.4) is 0 Å². The molecule has 1 aromatic rings. The molecule has 1 aromatic carbocycles. The summed E-state index contributed by atoms with van der Waals surface area (Å²) in [5, 5.41) is 10.8. The number of urea groups is 1. The van der Waals surface area contributed by atoms with Crippen molar-refractivity contribution in [3.8, 4) is 11.5 Å². The molecule has 0 atom stereocenters. The number of aliphatic carboxylic acids is 1. The second-order valence-corrected chi connectivity index (χ2v) is 4.27. The van der Waals surface area contributed by atoms with Crippen LogP contribution < -0.4 is 19.7 Å². The van der Waals surface area contributed by atoms with Crippen molar-refractivity contribution in [2.45, 2.75) is 6.42 Å². The first-order chi connectivity index (χ1) is 10.0. The molecule has 8 nitrogen and oxygen atoms in total. The maximum Gasteiger partial charge on any atom is 0.341 e. The van der Waals surface area contributed by atoms with E-state index in [0.717, 1.165) is 0 Å². The van der Waals surface area contributed by atoms with Gasteiger partial charge in [0, 0.05) is 19.0 Å². The smallest absolute Gasteiger partial charge is 0.341 e. The lowest BCUT2D eigenvalue weighted by molar-refractivity contribution is -0.139. The summed E-state index contributed by atoms with van der Waals surface area (Å²) in [5.41, 5.74) is 0.408. The van der Waals surface area contributed by atoms with Gasteiger partial charge in [-0.1, -0.05) is 0 Å². The summed E-state index contributed by atoms with van der Waals surface area (Å²) >= 11 is 0. The molecule has 1 aliphatic heterocycles. The van der Waals surface area contributed by atoms with Gasteiger partial charge < -0.3 is 14.6 Å². The first-order valence-electron chi connectivity index (χ1n) is 6.15. The Balaban J connectivity index is 2.27. The van der Waals surface area contributed by atoms with Gasteiger partial charge in [-0.25, -0.2) is 9.59 Å². The standard InChI is InChI=1S/C13H14N2O6/c1-20-10-3-2-8(21-7-12(17)18)6-9(10)15-5-4-11(16)14-13(15)19/h2-3,6H,4-5,7H2,1H3,(H,17,18)(H,14,16,19). The number of ether oxygens (including phenoxy) is 2. The van der Waals surface area contributed by atoms with Crippen molar-refractivity contribution < 1.29 is 29.0 Å². The molecule has 0 saturated carbocycles. The molecule has 1 aliphatic rings. The van der Waals surface area contributed by atoms with Crippen LogP contribution in [0.1, 0.15) is 6.42 Å². The normalized spacial score (nSPS) is 14.6. The van der Waals surface area contributed by atoms with E-state index in [-0.39, 0.29) is 24.6 Å². The van der Waals surface area contributed by atoms with Gasteiger partial charge in [-0.3, -0.25) is 15.0 Å². The Hall–Kier alpha value is -2.77. The van der Waals surface area contributed by atoms with Crippen LogP contribution in [-0.4, -0.2) is 43.3 Å². The van der Waals surface area contributed by atoms with Crippen LogP contribution in [0.15, 0.2) is 18.2 Å². The van der Waals surface area contributed by atoms with E-state index in [1.54, 1.807) is 6.07 Å². The molecule has 0 aliphatic carbocycles. The Bertz CT molecular complexity index is 586. The number of carboxylic acid groups (broad SMARTS) is 1. The second kappa shape index (κ2) is 6.12. The van der Waals surface area contributed by atoms with E-state index in [1.807, 2.05) is 0 Å². The van der Waals surface area contributed by atoms with Crippen molar-refractivity contribution in [2.24, 2.45) is 0 Å². The highest BCUT2D eigenvalue weighted by molar-refractivity contribution is 6.06. The van der Waals surface area contributed by atoms with Crippen LogP contribution in [0, 0.1) is 0 Å². The monoisotopic (exact) mass is 294 g/mol. The number of nitrogens with zero attached hydrogens (tertiary/aromatic N) is 1. The van der Waals surface area contributed by atoms with E-state index in [0.29, 0.717) is 11.4 Å². The number of carbonyl (C=O) groups is 3. The molecule has 21 heavy (non-hydrogen) atoms. The number of methoxy groups -OCH3 is 1. The fourth-order valence-corrected chi connectivity index (χ4v) is 1.91. The molecule has 1 fully saturated rings. The molecule has 0 unspecified atom stereocenters. The van der Waals surface area contributed by atoms with Gasteiger partial charge in [0.2, 0.25) is 5.91 Å². The van der Waals surface area contributed by atoms with Gasteiger partial charge in [-0.2, -0.15) is 0 Å². The minimum absolute atomic E-state index is 0.176. The lowest BCUT2D eigenvalue weighted by Crippen LogP contribution is -2.49. The number of benzene rings is 1. The molecule has 8 heteroatoms. The molecule has 0 spiro atoms. The second-order valence-electron chi connectivity index (χ2n) is 4.27. The number of hydrogen-bond acceptors (Lipinski definition) is 5. The quantitative estimate of drug-likeness (QED) is 0.824. The molecule has 1 saturated heterocycles. The fraction of sp³-hybridized carbons (Fsp3) is 0.308. The minimum Gasteiger partial charge on any atom is -0.495 e. The summed E-state index contributed by atoms with van der Waals surface area (Å²) in [6, 6.07) is 4.05. The molecular formula is C13H14N2O6. The number of rotatable bonds is 5. The first-order valence-corrected chi connectivity index (χ1v) is 6.15. The molecule has 3 amide bonds. The van der Waals surface area contributed by atoms with Crippen LogP contribution in [0.4, 0.5) is 10.5 Å². The summed E-state index contributed by atoms with van der Waals surface area (Å²) in [6.45, 7) is -0.278. The molecule has 0 aromatic heterocycles. The topological polar surface area (TPSA) is 105 Å². The number of hydrogen-bond donors (Lipinski definition) is 2. The first kappa shape index (κ1) is 14.6. The van der Waals surface area contributed by atoms with E-state index in [4.69, 9.17) is 14.6 Å². The third-order valence-electron chi connectivity index (χ3n) is 2.86. The highest BCUT2D eigenvalue weighted by atomic mass is 16.5. The largest absolute Gasteiger partial charge is 0.495 e. The summed E-state index contributed by atoms with van der Waals surface area (Å²) in [4.78, 5) is 34.9. The molecule has 0 bridgehead atoms. The lowest BCUT2D eigenvalue weighted by Gasteiger charge is -2.28. The van der Waals surface area contributed by atoms with Crippen LogP contribution in [0.2, 0.25) is 0 Å². The fourth-order valence-electron chi connectivity index (χ4n) is 1.91. The molecule has 0 radical (unpaired) electrons. The Morgan fingerprint density at radius 2 is 2.19 bits per heavy atom. The lowest BCUT2D eigenvalue weighted by atomic mass is 10.2. The summed E-state index contributed by atoms with van der Waals surface area (Å²) < 4.78 is 10.3. The van der Waals surface area contributed by atoms with Gasteiger partial charge in [0.25, 0.3) is 0 Å². The average Bonchev–Trinajstić information content (AvgIpc) is 2.45. The van der Waals surface area contributed by atoms with E-state index in [2.05, 4.69) is 5.32 Å². The van der Waals surface area contributed by atoms with Crippen LogP contribution >= 0.6 is 0 Å². The van der Waals surface area contributed by atoms with Gasteiger partial charge >= 0.3 is 12.0 Å². The SMILES string of the molecule is COc1ccc(OCC(=O)O)cc1N1CCC(=O)NC1=O. The highest BCUT2D eigenvalue weighted by Crippen LogP contribution is 2.33. The van der Waals surface area contributed by atoms with Gasteiger partial charge in [0.05, 0.1) is 12.8 Å². The number of anilines is 1. The predicted molar refractivity (Wildman–Crippen MR) is 71.6 cm³/mol. The number of carboxylic acids is 1. The van der Waals surface area contributed by atoms with Crippen LogP contribution in [-0.2, 0) is 9.59 Å². The van der Waals surface area contributed by atoms with Gasteiger partial charge in [0.15, 0.2) is 6.61 Å². The van der Waals surface area contributed by atoms with Crippen molar-refractivity contribution >= 4 is 23.6 Å². The Kier molecular flexibility index (Phi) is 4.27. The molecule has 112 valence electrons. The molecule has 2 N–H and O–H groups in total. The van der Waals surface area contributed by atoms with Crippen molar-refractivity contribution in [3.05, 3.63) is 18.2 Å². The van der Waals surface area contributed by atoms with Gasteiger partial charge in [0.1, 0.15) is 11.5 Å². The zero-order valence-corrected chi connectivity index (χ0v) is 11.3. The van der Waals surface area contributed by atoms with Crippen molar-refractivity contribution in [1.29, 1.82) is 0 Å². The summed E-state index contributed by atoms with van der Waals surface area (Å²) in [6.07, 6.45) is 0.176. The number of amides is 3. The maximum absolute atomic E-state index is 11.9. The zero-order chi connectivity index (χ0) is 15.4. The summed E-state index contributed by atoms with van der Waals surface area (Å²) in [5.74, 6) is -0.734. The van der Waals surface area contributed by atoms with Gasteiger partial charge in [-0.05, 0) is 12.1 Å². The molecule has 1 heterocycles.